The molecule has 7 heteroatoms. The van der Waals surface area contributed by atoms with Crippen LogP contribution in [0, 0.1) is 0 Å². The van der Waals surface area contributed by atoms with Crippen molar-refractivity contribution < 1.29 is 19.1 Å². The van der Waals surface area contributed by atoms with Crippen molar-refractivity contribution in [1.82, 2.24) is 10.6 Å². The molecular weight excluding hydrogens is 352 g/mol. The van der Waals surface area contributed by atoms with Gasteiger partial charge in [-0.3, -0.25) is 9.59 Å². The number of ether oxygens (including phenoxy) is 1. The van der Waals surface area contributed by atoms with Gasteiger partial charge in [-0.05, 0) is 30.7 Å². The number of nitrogens with one attached hydrogen (secondary N) is 2. The summed E-state index contributed by atoms with van der Waals surface area (Å²) in [4.78, 5) is 36.4. The summed E-state index contributed by atoms with van der Waals surface area (Å²) in [5.74, 6) is -1.44. The molecule has 0 fully saturated rings. The summed E-state index contributed by atoms with van der Waals surface area (Å²) in [6, 6.07) is 13.8. The van der Waals surface area contributed by atoms with Crippen molar-refractivity contribution in [1.29, 1.82) is 0 Å². The SMILES string of the molecule is CCNC(=O)CNC(=O)COC(=O)/C=C/c1ccc(-c2ccccc2)s1. The van der Waals surface area contributed by atoms with E-state index in [0.717, 1.165) is 15.3 Å². The highest BCUT2D eigenvalue weighted by Gasteiger charge is 2.07. The number of hydrogen-bond donors (Lipinski definition) is 2. The van der Waals surface area contributed by atoms with Crippen LogP contribution in [0.5, 0.6) is 0 Å². The predicted octanol–water partition coefficient (Wildman–Crippen LogP) is 2.22. The number of rotatable bonds is 8. The topological polar surface area (TPSA) is 84.5 Å². The van der Waals surface area contributed by atoms with Gasteiger partial charge in [-0.1, -0.05) is 30.3 Å². The van der Waals surface area contributed by atoms with Gasteiger partial charge in [-0.25, -0.2) is 4.79 Å². The average molecular weight is 372 g/mol. The third kappa shape index (κ3) is 6.52. The number of carbonyl (C=O) groups excluding carboxylic acids is 3. The molecular formula is C19H20N2O4S. The lowest BCUT2D eigenvalue weighted by Gasteiger charge is -2.05. The Labute approximate surface area is 155 Å². The number of thiophene rings is 1. The van der Waals surface area contributed by atoms with Crippen LogP contribution in [0.1, 0.15) is 11.8 Å². The van der Waals surface area contributed by atoms with Crippen LogP contribution >= 0.6 is 11.3 Å². The molecule has 2 aromatic rings. The Morgan fingerprint density at radius 2 is 1.81 bits per heavy atom. The minimum absolute atomic E-state index is 0.141. The fourth-order valence-electron chi connectivity index (χ4n) is 2.02. The smallest absolute Gasteiger partial charge is 0.331 e. The molecule has 2 amide bonds. The van der Waals surface area contributed by atoms with Crippen LogP contribution in [0.4, 0.5) is 0 Å². The maximum atomic E-state index is 11.7. The third-order valence-corrected chi connectivity index (χ3v) is 4.33. The molecule has 2 N–H and O–H groups in total. The Kier molecular flexibility index (Phi) is 7.57. The number of esters is 1. The Morgan fingerprint density at radius 1 is 1.04 bits per heavy atom. The largest absolute Gasteiger partial charge is 0.452 e. The highest BCUT2D eigenvalue weighted by atomic mass is 32.1. The van der Waals surface area contributed by atoms with E-state index in [0.29, 0.717) is 6.54 Å². The van der Waals surface area contributed by atoms with E-state index in [2.05, 4.69) is 10.6 Å². The second-order valence-corrected chi connectivity index (χ2v) is 6.35. The lowest BCUT2D eigenvalue weighted by molar-refractivity contribution is -0.143. The summed E-state index contributed by atoms with van der Waals surface area (Å²) >= 11 is 1.55. The molecule has 2 rings (SSSR count). The monoisotopic (exact) mass is 372 g/mol. The first-order valence-electron chi connectivity index (χ1n) is 8.12. The Hall–Kier alpha value is -2.93. The van der Waals surface area contributed by atoms with E-state index < -0.39 is 18.5 Å². The van der Waals surface area contributed by atoms with Gasteiger partial charge >= 0.3 is 5.97 Å². The van der Waals surface area contributed by atoms with Crippen LogP contribution < -0.4 is 10.6 Å². The van der Waals surface area contributed by atoms with Crippen molar-refractivity contribution in [3.8, 4) is 10.4 Å². The van der Waals surface area contributed by atoms with Crippen LogP contribution in [0.2, 0.25) is 0 Å². The lowest BCUT2D eigenvalue weighted by Crippen LogP contribution is -2.38. The van der Waals surface area contributed by atoms with Crippen molar-refractivity contribution in [3.05, 3.63) is 53.4 Å². The number of amides is 2. The van der Waals surface area contributed by atoms with Crippen molar-refractivity contribution >= 4 is 35.2 Å². The van der Waals surface area contributed by atoms with Crippen LogP contribution in [0.15, 0.2) is 48.5 Å². The van der Waals surface area contributed by atoms with Crippen LogP contribution in [-0.4, -0.2) is 37.5 Å². The molecule has 26 heavy (non-hydrogen) atoms. The Morgan fingerprint density at radius 3 is 2.54 bits per heavy atom. The molecule has 0 saturated carbocycles. The van der Waals surface area contributed by atoms with Crippen molar-refractivity contribution in [2.45, 2.75) is 6.92 Å². The molecule has 0 spiro atoms. The standard InChI is InChI=1S/C19H20N2O4S/c1-2-20-17(22)12-21-18(23)13-25-19(24)11-9-15-8-10-16(26-15)14-6-4-3-5-7-14/h3-11H,2,12-13H2,1H3,(H,20,22)(H,21,23)/b11-9+. The van der Waals surface area contributed by atoms with E-state index >= 15 is 0 Å². The van der Waals surface area contributed by atoms with E-state index in [9.17, 15) is 14.4 Å². The van der Waals surface area contributed by atoms with E-state index in [1.165, 1.54) is 6.08 Å². The van der Waals surface area contributed by atoms with Gasteiger partial charge in [0.2, 0.25) is 5.91 Å². The second kappa shape index (κ2) is 10.1. The maximum Gasteiger partial charge on any atom is 0.331 e. The molecule has 0 bridgehead atoms. The first-order chi connectivity index (χ1) is 12.6. The summed E-state index contributed by atoms with van der Waals surface area (Å²) in [6.45, 7) is 1.70. The van der Waals surface area contributed by atoms with Gasteiger partial charge < -0.3 is 15.4 Å². The highest BCUT2D eigenvalue weighted by molar-refractivity contribution is 7.16. The maximum absolute atomic E-state index is 11.7. The molecule has 0 unspecified atom stereocenters. The van der Waals surface area contributed by atoms with Gasteiger partial charge in [-0.2, -0.15) is 0 Å². The summed E-state index contributed by atoms with van der Waals surface area (Å²) in [5.41, 5.74) is 1.11. The minimum Gasteiger partial charge on any atom is -0.452 e. The number of benzene rings is 1. The van der Waals surface area contributed by atoms with Crippen LogP contribution in [-0.2, 0) is 19.1 Å². The average Bonchev–Trinajstić information content (AvgIpc) is 3.13. The molecule has 1 aromatic carbocycles. The molecule has 0 aliphatic heterocycles. The predicted molar refractivity (Wildman–Crippen MR) is 101 cm³/mol. The van der Waals surface area contributed by atoms with E-state index in [4.69, 9.17) is 4.74 Å². The molecule has 0 aliphatic rings. The summed E-state index contributed by atoms with van der Waals surface area (Å²) in [6.07, 6.45) is 2.92. The quantitative estimate of drug-likeness (QED) is 0.550. The van der Waals surface area contributed by atoms with Gasteiger partial charge in [0.1, 0.15) is 0 Å². The van der Waals surface area contributed by atoms with E-state index in [1.807, 2.05) is 42.5 Å². The van der Waals surface area contributed by atoms with Crippen LogP contribution in [0.25, 0.3) is 16.5 Å². The first kappa shape index (κ1) is 19.4. The highest BCUT2D eigenvalue weighted by Crippen LogP contribution is 2.28. The van der Waals surface area contributed by atoms with E-state index in [-0.39, 0.29) is 12.5 Å². The number of carbonyl (C=O) groups is 3. The molecule has 0 atom stereocenters. The van der Waals surface area contributed by atoms with Gasteiger partial charge in [0.25, 0.3) is 5.91 Å². The van der Waals surface area contributed by atoms with E-state index in [1.54, 1.807) is 24.3 Å². The van der Waals surface area contributed by atoms with Gasteiger partial charge in [0.05, 0.1) is 6.54 Å². The molecule has 6 nitrogen and oxygen atoms in total. The lowest BCUT2D eigenvalue weighted by atomic mass is 10.2. The molecule has 0 radical (unpaired) electrons. The first-order valence-corrected chi connectivity index (χ1v) is 8.93. The van der Waals surface area contributed by atoms with Crippen molar-refractivity contribution in [2.75, 3.05) is 19.7 Å². The zero-order valence-corrected chi connectivity index (χ0v) is 15.2. The van der Waals surface area contributed by atoms with Crippen molar-refractivity contribution in [3.63, 3.8) is 0 Å². The fraction of sp³-hybridized carbons (Fsp3) is 0.211. The Bertz CT molecular complexity index is 784. The fourth-order valence-corrected chi connectivity index (χ4v) is 2.94. The molecule has 0 saturated heterocycles. The summed E-state index contributed by atoms with van der Waals surface area (Å²) in [7, 11) is 0. The molecule has 0 aliphatic carbocycles. The van der Waals surface area contributed by atoms with Crippen molar-refractivity contribution in [2.24, 2.45) is 0 Å². The Balaban J connectivity index is 1.76. The van der Waals surface area contributed by atoms with Gasteiger partial charge in [0, 0.05) is 22.4 Å². The molecule has 1 heterocycles. The molecule has 136 valence electrons. The van der Waals surface area contributed by atoms with Crippen LogP contribution in [0.3, 0.4) is 0 Å². The number of hydrogen-bond acceptors (Lipinski definition) is 5. The normalized spacial score (nSPS) is 10.5. The van der Waals surface area contributed by atoms with Gasteiger partial charge in [0.15, 0.2) is 6.61 Å². The molecule has 1 aromatic heterocycles. The minimum atomic E-state index is -0.618. The zero-order chi connectivity index (χ0) is 18.8. The number of likely N-dealkylation sites (N-methyl/N-ethyl adjacent to an activating group) is 1. The third-order valence-electron chi connectivity index (χ3n) is 3.23. The van der Waals surface area contributed by atoms with Gasteiger partial charge in [-0.15, -0.1) is 11.3 Å². The summed E-state index contributed by atoms with van der Waals surface area (Å²) in [5, 5.41) is 4.91. The summed E-state index contributed by atoms with van der Waals surface area (Å²) < 4.78 is 4.84. The second-order valence-electron chi connectivity index (χ2n) is 5.24. The zero-order valence-electron chi connectivity index (χ0n) is 14.4.